The van der Waals surface area contributed by atoms with Crippen molar-refractivity contribution in [2.75, 3.05) is 20.1 Å². The zero-order valence-corrected chi connectivity index (χ0v) is 14.8. The van der Waals surface area contributed by atoms with E-state index in [0.717, 1.165) is 24.8 Å². The highest BCUT2D eigenvalue weighted by atomic mass is 16.2. The van der Waals surface area contributed by atoms with Gasteiger partial charge in [0.25, 0.3) is 0 Å². The summed E-state index contributed by atoms with van der Waals surface area (Å²) in [6, 6.07) is 9.99. The minimum atomic E-state index is -0.150. The van der Waals surface area contributed by atoms with E-state index in [1.807, 2.05) is 47.2 Å². The Hall–Kier alpha value is -2.77. The van der Waals surface area contributed by atoms with Crippen LogP contribution in [-0.4, -0.2) is 67.5 Å². The van der Waals surface area contributed by atoms with Crippen molar-refractivity contribution in [2.45, 2.75) is 37.3 Å². The van der Waals surface area contributed by atoms with Gasteiger partial charge in [-0.05, 0) is 35.3 Å². The molecule has 0 N–H and O–H groups in total. The van der Waals surface area contributed by atoms with Crippen molar-refractivity contribution in [1.82, 2.24) is 30.0 Å². The highest BCUT2D eigenvalue weighted by Crippen LogP contribution is 2.44. The summed E-state index contributed by atoms with van der Waals surface area (Å²) >= 11 is 0. The van der Waals surface area contributed by atoms with E-state index in [2.05, 4.69) is 15.5 Å². The van der Waals surface area contributed by atoms with Gasteiger partial charge in [0.2, 0.25) is 11.8 Å². The number of hydrogen-bond acceptors (Lipinski definition) is 5. The lowest BCUT2D eigenvalue weighted by Crippen LogP contribution is -2.53. The number of aromatic nitrogens is 4. The standard InChI is InChI=1S/C18H22N6O2/c1-22-17(26)15(14-5-3-2-4-6-14)11-18(22)7-9-23(10-8-18)16(25)12-24-13-19-20-21-24/h2-6,13,15H,7-12H2,1H3/t15-/m1/s1. The maximum Gasteiger partial charge on any atom is 0.244 e. The van der Waals surface area contributed by atoms with E-state index in [1.54, 1.807) is 0 Å². The van der Waals surface area contributed by atoms with Crippen molar-refractivity contribution in [1.29, 1.82) is 0 Å². The second-order valence-electron chi connectivity index (χ2n) is 7.18. The molecule has 8 nitrogen and oxygen atoms in total. The van der Waals surface area contributed by atoms with Crippen LogP contribution in [0.1, 0.15) is 30.7 Å². The number of nitrogens with zero attached hydrogens (tertiary/aromatic N) is 6. The molecule has 136 valence electrons. The van der Waals surface area contributed by atoms with Gasteiger partial charge in [0.05, 0.1) is 5.92 Å². The highest BCUT2D eigenvalue weighted by molar-refractivity contribution is 5.87. The lowest BCUT2D eigenvalue weighted by Gasteiger charge is -2.43. The summed E-state index contributed by atoms with van der Waals surface area (Å²) in [5.41, 5.74) is 0.932. The molecule has 2 saturated heterocycles. The lowest BCUT2D eigenvalue weighted by atomic mass is 9.81. The van der Waals surface area contributed by atoms with Crippen LogP contribution in [0.2, 0.25) is 0 Å². The van der Waals surface area contributed by atoms with Crippen LogP contribution in [0.5, 0.6) is 0 Å². The minimum absolute atomic E-state index is 0.0127. The molecule has 0 unspecified atom stereocenters. The van der Waals surface area contributed by atoms with Gasteiger partial charge in [-0.15, -0.1) is 5.10 Å². The Bertz CT molecular complexity index is 783. The van der Waals surface area contributed by atoms with Crippen LogP contribution in [0.3, 0.4) is 0 Å². The average molecular weight is 354 g/mol. The first kappa shape index (κ1) is 16.7. The van der Waals surface area contributed by atoms with Crippen LogP contribution in [0.15, 0.2) is 36.7 Å². The van der Waals surface area contributed by atoms with Crippen LogP contribution in [-0.2, 0) is 16.1 Å². The molecule has 2 aliphatic rings. The topological polar surface area (TPSA) is 84.2 Å². The fourth-order valence-corrected chi connectivity index (χ4v) is 4.22. The smallest absolute Gasteiger partial charge is 0.244 e. The number of rotatable bonds is 3. The first-order chi connectivity index (χ1) is 12.6. The highest BCUT2D eigenvalue weighted by Gasteiger charge is 2.50. The third kappa shape index (κ3) is 2.85. The van der Waals surface area contributed by atoms with Gasteiger partial charge in [0, 0.05) is 25.7 Å². The Morgan fingerprint density at radius 3 is 2.62 bits per heavy atom. The molecule has 1 spiro atoms. The van der Waals surface area contributed by atoms with E-state index in [-0.39, 0.29) is 29.8 Å². The molecule has 0 aliphatic carbocycles. The number of likely N-dealkylation sites (N-methyl/N-ethyl adjacent to an activating group) is 1. The Morgan fingerprint density at radius 1 is 1.23 bits per heavy atom. The molecule has 1 atom stereocenters. The summed E-state index contributed by atoms with van der Waals surface area (Å²) in [6.45, 7) is 1.46. The van der Waals surface area contributed by atoms with Crippen molar-refractivity contribution in [3.8, 4) is 0 Å². The van der Waals surface area contributed by atoms with E-state index in [1.165, 1.54) is 11.0 Å². The number of benzene rings is 1. The summed E-state index contributed by atoms with van der Waals surface area (Å²) in [7, 11) is 1.91. The number of amides is 2. The summed E-state index contributed by atoms with van der Waals surface area (Å²) in [5.74, 6) is 0.119. The van der Waals surface area contributed by atoms with Gasteiger partial charge >= 0.3 is 0 Å². The second-order valence-corrected chi connectivity index (χ2v) is 7.18. The molecule has 3 heterocycles. The second kappa shape index (κ2) is 6.51. The molecule has 4 rings (SSSR count). The molecule has 2 aliphatic heterocycles. The molecule has 0 saturated carbocycles. The zero-order chi connectivity index (χ0) is 18.1. The molecule has 2 aromatic rings. The van der Waals surface area contributed by atoms with Crippen LogP contribution < -0.4 is 0 Å². The van der Waals surface area contributed by atoms with Crippen LogP contribution in [0.25, 0.3) is 0 Å². The number of tetrazole rings is 1. The number of carbonyl (C=O) groups is 2. The molecular weight excluding hydrogens is 332 g/mol. The molecule has 1 aromatic carbocycles. The van der Waals surface area contributed by atoms with E-state index in [4.69, 9.17) is 0 Å². The molecule has 2 amide bonds. The Kier molecular flexibility index (Phi) is 4.18. The third-order valence-corrected chi connectivity index (χ3v) is 5.86. The predicted molar refractivity (Wildman–Crippen MR) is 92.9 cm³/mol. The average Bonchev–Trinajstić information content (AvgIpc) is 3.26. The fourth-order valence-electron chi connectivity index (χ4n) is 4.22. The van der Waals surface area contributed by atoms with Gasteiger partial charge in [0.1, 0.15) is 12.9 Å². The molecule has 1 aromatic heterocycles. The van der Waals surface area contributed by atoms with Crippen LogP contribution >= 0.6 is 0 Å². The van der Waals surface area contributed by atoms with Gasteiger partial charge in [-0.2, -0.15) is 0 Å². The number of carbonyl (C=O) groups excluding carboxylic acids is 2. The van der Waals surface area contributed by atoms with Crippen LogP contribution in [0, 0.1) is 0 Å². The van der Waals surface area contributed by atoms with Crippen molar-refractivity contribution in [3.63, 3.8) is 0 Å². The molecule has 0 bridgehead atoms. The summed E-state index contributed by atoms with van der Waals surface area (Å²) in [6.07, 6.45) is 3.87. The normalized spacial score (nSPS) is 22.2. The summed E-state index contributed by atoms with van der Waals surface area (Å²) in [4.78, 5) is 29.0. The largest absolute Gasteiger partial charge is 0.341 e. The molecule has 0 radical (unpaired) electrons. The Balaban J connectivity index is 1.43. The van der Waals surface area contributed by atoms with E-state index >= 15 is 0 Å². The van der Waals surface area contributed by atoms with E-state index in [9.17, 15) is 9.59 Å². The fraction of sp³-hybridized carbons (Fsp3) is 0.500. The number of hydrogen-bond donors (Lipinski definition) is 0. The van der Waals surface area contributed by atoms with Gasteiger partial charge in [0.15, 0.2) is 0 Å². The molecular formula is C18H22N6O2. The maximum atomic E-state index is 12.8. The number of likely N-dealkylation sites (tertiary alicyclic amines) is 2. The lowest BCUT2D eigenvalue weighted by molar-refractivity contribution is -0.136. The van der Waals surface area contributed by atoms with Crippen molar-refractivity contribution in [2.24, 2.45) is 0 Å². The zero-order valence-electron chi connectivity index (χ0n) is 14.8. The first-order valence-electron chi connectivity index (χ1n) is 8.90. The van der Waals surface area contributed by atoms with Gasteiger partial charge in [-0.3, -0.25) is 9.59 Å². The number of piperidine rings is 1. The quantitative estimate of drug-likeness (QED) is 0.809. The van der Waals surface area contributed by atoms with Gasteiger partial charge in [-0.1, -0.05) is 30.3 Å². The van der Waals surface area contributed by atoms with E-state index < -0.39 is 0 Å². The molecule has 2 fully saturated rings. The predicted octanol–water partition coefficient (Wildman–Crippen LogP) is 0.680. The van der Waals surface area contributed by atoms with Crippen LogP contribution in [0.4, 0.5) is 0 Å². The van der Waals surface area contributed by atoms with E-state index in [0.29, 0.717) is 13.1 Å². The van der Waals surface area contributed by atoms with Gasteiger partial charge < -0.3 is 9.80 Å². The van der Waals surface area contributed by atoms with Crippen molar-refractivity contribution >= 4 is 11.8 Å². The molecule has 8 heteroatoms. The minimum Gasteiger partial charge on any atom is -0.341 e. The first-order valence-corrected chi connectivity index (χ1v) is 8.90. The monoisotopic (exact) mass is 354 g/mol. The Labute approximate surface area is 151 Å². The third-order valence-electron chi connectivity index (χ3n) is 5.86. The summed E-state index contributed by atoms with van der Waals surface area (Å²) < 4.78 is 1.43. The Morgan fingerprint density at radius 2 is 1.96 bits per heavy atom. The molecule has 26 heavy (non-hydrogen) atoms. The van der Waals surface area contributed by atoms with Crippen molar-refractivity contribution < 1.29 is 9.59 Å². The van der Waals surface area contributed by atoms with Crippen molar-refractivity contribution in [3.05, 3.63) is 42.2 Å². The maximum absolute atomic E-state index is 12.8. The van der Waals surface area contributed by atoms with Gasteiger partial charge in [-0.25, -0.2) is 4.68 Å². The summed E-state index contributed by atoms with van der Waals surface area (Å²) in [5, 5.41) is 10.8. The SMILES string of the molecule is CN1C(=O)[C@@H](c2ccccc2)CC12CCN(C(=O)Cn1cnnn1)CC2.